The molecule has 0 spiro atoms. The molecule has 0 saturated heterocycles. The maximum Gasteiger partial charge on any atom is 0.145 e. The van der Waals surface area contributed by atoms with E-state index in [0.717, 1.165) is 39.4 Å². The second-order valence-corrected chi connectivity index (χ2v) is 13.1. The van der Waals surface area contributed by atoms with E-state index in [0.29, 0.717) is 17.8 Å². The van der Waals surface area contributed by atoms with Crippen LogP contribution >= 0.6 is 0 Å². The Morgan fingerprint density at radius 3 is 2.00 bits per heavy atom. The number of rotatable bonds is 5. The molecule has 0 radical (unpaired) electrons. The fourth-order valence-electron chi connectivity index (χ4n) is 5.86. The number of imidazole rings is 1. The van der Waals surface area contributed by atoms with Gasteiger partial charge in [0, 0.05) is 16.3 Å². The molecule has 0 saturated carbocycles. The van der Waals surface area contributed by atoms with Crippen molar-refractivity contribution < 1.29 is 4.39 Å². The van der Waals surface area contributed by atoms with Crippen LogP contribution in [0, 0.1) is 11.2 Å². The molecule has 38 heavy (non-hydrogen) atoms. The summed E-state index contributed by atoms with van der Waals surface area (Å²) in [6.45, 7) is 20.4. The molecule has 2 nitrogen and oxygen atoms in total. The summed E-state index contributed by atoms with van der Waals surface area (Å²) in [6, 6.07) is 16.6. The Morgan fingerprint density at radius 2 is 1.42 bits per heavy atom. The van der Waals surface area contributed by atoms with Crippen molar-refractivity contribution in [3.63, 3.8) is 0 Å². The molecule has 0 aliphatic rings. The highest BCUT2D eigenvalue weighted by molar-refractivity contribution is 6.12. The summed E-state index contributed by atoms with van der Waals surface area (Å²) < 4.78 is 16.9. The number of halogens is 1. The zero-order valence-corrected chi connectivity index (χ0v) is 24.4. The molecule has 0 N–H and O–H groups in total. The van der Waals surface area contributed by atoms with E-state index in [2.05, 4.69) is 97.0 Å². The van der Waals surface area contributed by atoms with Gasteiger partial charge >= 0.3 is 0 Å². The highest BCUT2D eigenvalue weighted by Crippen LogP contribution is 2.41. The molecule has 0 bridgehead atoms. The molecular weight excluding hydrogens is 467 g/mol. The summed E-state index contributed by atoms with van der Waals surface area (Å²) >= 11 is 0. The third-order valence-electron chi connectivity index (χ3n) is 7.70. The lowest BCUT2D eigenvalue weighted by atomic mass is 9.83. The molecular formula is C35H41FN2. The molecule has 198 valence electrons. The van der Waals surface area contributed by atoms with Crippen molar-refractivity contribution in [3.05, 3.63) is 82.8 Å². The number of aromatic nitrogens is 2. The molecule has 3 aromatic carbocycles. The zero-order chi connectivity index (χ0) is 27.5. The largest absolute Gasteiger partial charge is 0.292 e. The van der Waals surface area contributed by atoms with Crippen LogP contribution in [0.15, 0.2) is 54.7 Å². The van der Waals surface area contributed by atoms with Gasteiger partial charge in [-0.2, -0.15) is 0 Å². The van der Waals surface area contributed by atoms with E-state index in [1.165, 1.54) is 27.8 Å². The summed E-state index contributed by atoms with van der Waals surface area (Å²) in [6.07, 6.45) is 2.99. The second-order valence-electron chi connectivity index (χ2n) is 13.1. The summed E-state index contributed by atoms with van der Waals surface area (Å²) in [5.41, 5.74) is 9.88. The zero-order valence-electron chi connectivity index (χ0n) is 24.4. The van der Waals surface area contributed by atoms with Gasteiger partial charge in [0.05, 0.1) is 17.4 Å². The highest BCUT2D eigenvalue weighted by atomic mass is 19.1. The molecule has 2 aromatic heterocycles. The summed E-state index contributed by atoms with van der Waals surface area (Å²) in [4.78, 5) is 4.98. The molecule has 0 atom stereocenters. The molecule has 0 unspecified atom stereocenters. The number of benzene rings is 3. The molecule has 2 heterocycles. The lowest BCUT2D eigenvalue weighted by molar-refractivity contribution is 0.411. The van der Waals surface area contributed by atoms with Gasteiger partial charge < -0.3 is 0 Å². The van der Waals surface area contributed by atoms with E-state index in [9.17, 15) is 4.39 Å². The van der Waals surface area contributed by atoms with Gasteiger partial charge in [0.2, 0.25) is 0 Å². The van der Waals surface area contributed by atoms with Crippen molar-refractivity contribution in [1.82, 2.24) is 9.38 Å². The van der Waals surface area contributed by atoms with Crippen LogP contribution in [-0.4, -0.2) is 9.38 Å². The van der Waals surface area contributed by atoms with E-state index in [4.69, 9.17) is 4.98 Å². The topological polar surface area (TPSA) is 17.3 Å². The first kappa shape index (κ1) is 26.4. The summed E-state index contributed by atoms with van der Waals surface area (Å²) in [7, 11) is 0. The average molecular weight is 509 g/mol. The van der Waals surface area contributed by atoms with E-state index in [-0.39, 0.29) is 11.2 Å². The molecule has 0 amide bonds. The Balaban J connectivity index is 1.93. The van der Waals surface area contributed by atoms with Gasteiger partial charge in [0.1, 0.15) is 11.5 Å². The standard InChI is InChI=1S/C35H41FN2/c1-20(2)24-15-27(21(3)4)33(28(16-24)22(5)6)32-19-37-34-26-12-11-25(36)17-29(26)30-14-23(18-35(7,8)9)10-13-31(30)38(32)34/h10-17,19-22H,18H2,1-9H3. The Labute approximate surface area is 226 Å². The molecule has 0 aliphatic carbocycles. The van der Waals surface area contributed by atoms with Crippen LogP contribution in [0.2, 0.25) is 0 Å². The molecule has 5 aromatic rings. The van der Waals surface area contributed by atoms with Crippen molar-refractivity contribution in [2.45, 2.75) is 86.5 Å². The van der Waals surface area contributed by atoms with Crippen molar-refractivity contribution in [2.24, 2.45) is 5.41 Å². The van der Waals surface area contributed by atoms with Gasteiger partial charge in [-0.3, -0.25) is 4.40 Å². The van der Waals surface area contributed by atoms with Gasteiger partial charge in [0.15, 0.2) is 0 Å². The van der Waals surface area contributed by atoms with Gasteiger partial charge in [0.25, 0.3) is 0 Å². The Kier molecular flexibility index (Phi) is 6.62. The Hall–Kier alpha value is -3.20. The SMILES string of the molecule is CC(C)c1cc(C(C)C)c(-c2cnc3c4ccc(F)cc4c4cc(CC(C)(C)C)ccc4n23)c(C(C)C)c1. The number of hydrogen-bond acceptors (Lipinski definition) is 1. The van der Waals surface area contributed by atoms with Gasteiger partial charge in [-0.15, -0.1) is 0 Å². The molecule has 3 heteroatoms. The monoisotopic (exact) mass is 508 g/mol. The van der Waals surface area contributed by atoms with Crippen LogP contribution < -0.4 is 0 Å². The smallest absolute Gasteiger partial charge is 0.145 e. The molecule has 5 rings (SSSR count). The van der Waals surface area contributed by atoms with Gasteiger partial charge in [-0.05, 0) is 87.6 Å². The molecule has 0 fully saturated rings. The lowest BCUT2D eigenvalue weighted by Crippen LogP contribution is -2.09. The van der Waals surface area contributed by atoms with Crippen molar-refractivity contribution >= 4 is 27.3 Å². The van der Waals surface area contributed by atoms with Crippen LogP contribution in [0.5, 0.6) is 0 Å². The van der Waals surface area contributed by atoms with E-state index in [1.807, 2.05) is 12.3 Å². The first-order valence-corrected chi connectivity index (χ1v) is 14.0. The first-order chi connectivity index (χ1) is 17.9. The predicted molar refractivity (Wildman–Crippen MR) is 161 cm³/mol. The lowest BCUT2D eigenvalue weighted by Gasteiger charge is -2.23. The van der Waals surface area contributed by atoms with Crippen molar-refractivity contribution in [3.8, 4) is 11.3 Å². The number of hydrogen-bond donors (Lipinski definition) is 0. The van der Waals surface area contributed by atoms with Crippen LogP contribution in [0.25, 0.3) is 38.6 Å². The van der Waals surface area contributed by atoms with E-state index >= 15 is 0 Å². The Morgan fingerprint density at radius 1 is 0.763 bits per heavy atom. The van der Waals surface area contributed by atoms with Gasteiger partial charge in [-0.25, -0.2) is 9.37 Å². The predicted octanol–water partition coefficient (Wildman–Crippen LogP) is 10.4. The number of nitrogens with zero attached hydrogens (tertiary/aromatic N) is 2. The van der Waals surface area contributed by atoms with Crippen LogP contribution in [0.4, 0.5) is 4.39 Å². The minimum absolute atomic E-state index is 0.162. The van der Waals surface area contributed by atoms with Crippen LogP contribution in [0.3, 0.4) is 0 Å². The maximum absolute atomic E-state index is 14.6. The molecule has 0 aliphatic heterocycles. The number of fused-ring (bicyclic) bond motifs is 6. The van der Waals surface area contributed by atoms with Crippen LogP contribution in [0.1, 0.15) is 102 Å². The summed E-state index contributed by atoms with van der Waals surface area (Å²) in [5.74, 6) is 0.976. The third kappa shape index (κ3) is 4.61. The first-order valence-electron chi connectivity index (χ1n) is 14.0. The fourth-order valence-corrected chi connectivity index (χ4v) is 5.86. The summed E-state index contributed by atoms with van der Waals surface area (Å²) in [5, 5.41) is 2.97. The third-order valence-corrected chi connectivity index (χ3v) is 7.70. The average Bonchev–Trinajstić information content (AvgIpc) is 3.27. The Bertz CT molecular complexity index is 1630. The fraction of sp³-hybridized carbons (Fsp3) is 0.400. The highest BCUT2D eigenvalue weighted by Gasteiger charge is 2.23. The number of pyridine rings is 1. The van der Waals surface area contributed by atoms with E-state index in [1.54, 1.807) is 12.1 Å². The van der Waals surface area contributed by atoms with Crippen molar-refractivity contribution in [2.75, 3.05) is 0 Å². The van der Waals surface area contributed by atoms with E-state index < -0.39 is 0 Å². The van der Waals surface area contributed by atoms with Crippen LogP contribution in [-0.2, 0) is 6.42 Å². The minimum atomic E-state index is -0.218. The van der Waals surface area contributed by atoms with Crippen molar-refractivity contribution in [1.29, 1.82) is 0 Å². The maximum atomic E-state index is 14.6. The second kappa shape index (κ2) is 9.52. The quantitative estimate of drug-likeness (QED) is 0.216. The van der Waals surface area contributed by atoms with Gasteiger partial charge in [-0.1, -0.05) is 80.5 Å². The minimum Gasteiger partial charge on any atom is -0.292 e. The normalized spacial score (nSPS) is 12.8.